The van der Waals surface area contributed by atoms with Crippen LogP contribution in [0.25, 0.3) is 10.9 Å². The van der Waals surface area contributed by atoms with Crippen molar-refractivity contribution in [2.45, 2.75) is 0 Å². The molecule has 0 saturated carbocycles. The van der Waals surface area contributed by atoms with Crippen molar-refractivity contribution < 1.29 is 9.13 Å². The zero-order valence-corrected chi connectivity index (χ0v) is 10.9. The Morgan fingerprint density at radius 3 is 2.81 bits per heavy atom. The summed E-state index contributed by atoms with van der Waals surface area (Å²) >= 11 is 0. The molecule has 0 aliphatic heterocycles. The predicted octanol–water partition coefficient (Wildman–Crippen LogP) is 3.62. The minimum absolute atomic E-state index is 0.0253. The number of nitrogen functional groups attached to an aromatic ring is 1. The highest BCUT2D eigenvalue weighted by Crippen LogP contribution is 2.32. The van der Waals surface area contributed by atoms with Crippen molar-refractivity contribution in [3.05, 3.63) is 60.0 Å². The molecule has 4 nitrogen and oxygen atoms in total. The maximum Gasteiger partial charge on any atom is 0.153 e. The number of ether oxygens (including phenoxy) is 1. The molecule has 0 unspecified atom stereocenters. The number of hydrogen-bond donors (Lipinski definition) is 1. The molecule has 3 aromatic rings. The van der Waals surface area contributed by atoms with Gasteiger partial charge in [0.05, 0.1) is 5.56 Å². The summed E-state index contributed by atoms with van der Waals surface area (Å²) in [6.45, 7) is 0. The average Bonchev–Trinajstić information content (AvgIpc) is 2.51. The van der Waals surface area contributed by atoms with Gasteiger partial charge in [0.2, 0.25) is 0 Å². The first-order valence-electron chi connectivity index (χ1n) is 6.20. The predicted molar refractivity (Wildman–Crippen MR) is 77.3 cm³/mol. The smallest absolute Gasteiger partial charge is 0.153 e. The van der Waals surface area contributed by atoms with Crippen LogP contribution in [0.1, 0.15) is 5.56 Å². The highest BCUT2D eigenvalue weighted by molar-refractivity contribution is 5.94. The number of hydrogen-bond acceptors (Lipinski definition) is 4. The standard InChI is InChI=1S/C16H10FN3O/c17-13-8-11(4-3-10(13)9-18)21-15-6-5-14(19)12-2-1-7-20-16(12)15/h1-8H,19H2. The summed E-state index contributed by atoms with van der Waals surface area (Å²) in [7, 11) is 0. The van der Waals surface area contributed by atoms with Crippen molar-refractivity contribution in [2.24, 2.45) is 0 Å². The van der Waals surface area contributed by atoms with Gasteiger partial charge in [-0.2, -0.15) is 5.26 Å². The number of halogens is 1. The third-order valence-electron chi connectivity index (χ3n) is 3.06. The summed E-state index contributed by atoms with van der Waals surface area (Å²) in [4.78, 5) is 4.24. The Morgan fingerprint density at radius 2 is 2.05 bits per heavy atom. The van der Waals surface area contributed by atoms with Gasteiger partial charge >= 0.3 is 0 Å². The second-order valence-electron chi connectivity index (χ2n) is 4.41. The van der Waals surface area contributed by atoms with Gasteiger partial charge in [0.15, 0.2) is 5.75 Å². The van der Waals surface area contributed by atoms with E-state index < -0.39 is 5.82 Å². The molecule has 3 rings (SSSR count). The van der Waals surface area contributed by atoms with Gasteiger partial charge in [0, 0.05) is 23.3 Å². The Hall–Kier alpha value is -3.13. The zero-order valence-electron chi connectivity index (χ0n) is 10.9. The number of nitrogens with zero attached hydrogens (tertiary/aromatic N) is 2. The van der Waals surface area contributed by atoms with Crippen molar-refractivity contribution in [2.75, 3.05) is 5.73 Å². The highest BCUT2D eigenvalue weighted by Gasteiger charge is 2.09. The van der Waals surface area contributed by atoms with Crippen molar-refractivity contribution >= 4 is 16.6 Å². The summed E-state index contributed by atoms with van der Waals surface area (Å²) in [5.41, 5.74) is 7.06. The SMILES string of the molecule is N#Cc1ccc(Oc2ccc(N)c3cccnc23)cc1F. The molecular weight excluding hydrogens is 269 g/mol. The molecule has 102 valence electrons. The van der Waals surface area contributed by atoms with E-state index in [2.05, 4.69) is 4.98 Å². The van der Waals surface area contributed by atoms with Crippen molar-refractivity contribution in [1.29, 1.82) is 5.26 Å². The van der Waals surface area contributed by atoms with E-state index in [-0.39, 0.29) is 5.56 Å². The van der Waals surface area contributed by atoms with Crippen LogP contribution in [0.5, 0.6) is 11.5 Å². The maximum atomic E-state index is 13.6. The zero-order chi connectivity index (χ0) is 14.8. The molecule has 0 amide bonds. The fourth-order valence-corrected chi connectivity index (χ4v) is 2.03. The summed E-state index contributed by atoms with van der Waals surface area (Å²) in [5.74, 6) is 0.148. The van der Waals surface area contributed by atoms with Gasteiger partial charge in [-0.15, -0.1) is 0 Å². The summed E-state index contributed by atoms with van der Waals surface area (Å²) in [5, 5.41) is 9.48. The number of nitriles is 1. The molecule has 0 aliphatic carbocycles. The van der Waals surface area contributed by atoms with E-state index in [0.29, 0.717) is 22.7 Å². The average molecular weight is 279 g/mol. The quantitative estimate of drug-likeness (QED) is 0.727. The van der Waals surface area contributed by atoms with Gasteiger partial charge in [0.1, 0.15) is 23.2 Å². The number of nitrogens with two attached hydrogens (primary N) is 1. The van der Waals surface area contributed by atoms with Gasteiger partial charge in [-0.1, -0.05) is 0 Å². The lowest BCUT2D eigenvalue weighted by Crippen LogP contribution is -1.93. The van der Waals surface area contributed by atoms with E-state index in [1.54, 1.807) is 30.5 Å². The highest BCUT2D eigenvalue weighted by atomic mass is 19.1. The molecule has 21 heavy (non-hydrogen) atoms. The maximum absolute atomic E-state index is 13.6. The summed E-state index contributed by atoms with van der Waals surface area (Å²) in [6.07, 6.45) is 1.63. The third kappa shape index (κ3) is 2.35. The molecule has 0 fully saturated rings. The molecule has 0 aliphatic rings. The van der Waals surface area contributed by atoms with Crippen LogP contribution >= 0.6 is 0 Å². The third-order valence-corrected chi connectivity index (χ3v) is 3.06. The second kappa shape index (κ2) is 5.10. The Labute approximate surface area is 120 Å². The van der Waals surface area contributed by atoms with Crippen LogP contribution in [0.15, 0.2) is 48.7 Å². The number of rotatable bonds is 2. The largest absolute Gasteiger partial charge is 0.455 e. The molecule has 0 spiro atoms. The van der Waals surface area contributed by atoms with Crippen LogP contribution in [-0.2, 0) is 0 Å². The molecule has 2 N–H and O–H groups in total. The minimum Gasteiger partial charge on any atom is -0.455 e. The van der Waals surface area contributed by atoms with Crippen molar-refractivity contribution in [3.63, 3.8) is 0 Å². The normalized spacial score (nSPS) is 10.3. The molecule has 1 aromatic heterocycles. The number of anilines is 1. The van der Waals surface area contributed by atoms with E-state index in [1.807, 2.05) is 6.07 Å². The first kappa shape index (κ1) is 12.9. The molecule has 2 aromatic carbocycles. The summed E-state index contributed by atoms with van der Waals surface area (Å²) in [6, 6.07) is 12.8. The van der Waals surface area contributed by atoms with Crippen LogP contribution in [0, 0.1) is 17.1 Å². The van der Waals surface area contributed by atoms with Crippen molar-refractivity contribution in [1.82, 2.24) is 4.98 Å². The fourth-order valence-electron chi connectivity index (χ4n) is 2.03. The summed E-state index contributed by atoms with van der Waals surface area (Å²) < 4.78 is 19.3. The Balaban J connectivity index is 2.05. The van der Waals surface area contributed by atoms with Crippen LogP contribution < -0.4 is 10.5 Å². The lowest BCUT2D eigenvalue weighted by Gasteiger charge is -2.10. The number of aromatic nitrogens is 1. The topological polar surface area (TPSA) is 71.9 Å². The van der Waals surface area contributed by atoms with E-state index in [4.69, 9.17) is 15.7 Å². The van der Waals surface area contributed by atoms with E-state index >= 15 is 0 Å². The minimum atomic E-state index is -0.622. The molecule has 0 bridgehead atoms. The van der Waals surface area contributed by atoms with Gasteiger partial charge in [-0.05, 0) is 36.4 Å². The fraction of sp³-hybridized carbons (Fsp3) is 0. The molecule has 1 heterocycles. The number of pyridine rings is 1. The van der Waals surface area contributed by atoms with Gasteiger partial charge in [-0.3, -0.25) is 4.98 Å². The van der Waals surface area contributed by atoms with Crippen LogP contribution in [0.2, 0.25) is 0 Å². The Bertz CT molecular complexity index is 871. The molecule has 0 atom stereocenters. The van der Waals surface area contributed by atoms with E-state index in [9.17, 15) is 4.39 Å². The van der Waals surface area contributed by atoms with E-state index in [0.717, 1.165) is 5.39 Å². The van der Waals surface area contributed by atoms with Crippen molar-refractivity contribution in [3.8, 4) is 17.6 Å². The van der Waals surface area contributed by atoms with E-state index in [1.165, 1.54) is 18.2 Å². The van der Waals surface area contributed by atoms with Crippen LogP contribution in [0.3, 0.4) is 0 Å². The van der Waals surface area contributed by atoms with Gasteiger partial charge in [0.25, 0.3) is 0 Å². The lowest BCUT2D eigenvalue weighted by molar-refractivity contribution is 0.481. The number of benzene rings is 2. The molecule has 0 saturated heterocycles. The first-order valence-corrected chi connectivity index (χ1v) is 6.20. The molecule has 0 radical (unpaired) electrons. The first-order chi connectivity index (χ1) is 10.2. The second-order valence-corrected chi connectivity index (χ2v) is 4.41. The van der Waals surface area contributed by atoms with Crippen LogP contribution in [0.4, 0.5) is 10.1 Å². The Morgan fingerprint density at radius 1 is 1.19 bits per heavy atom. The number of fused-ring (bicyclic) bond motifs is 1. The lowest BCUT2D eigenvalue weighted by atomic mass is 10.1. The Kier molecular flexibility index (Phi) is 3.13. The van der Waals surface area contributed by atoms with Gasteiger partial charge < -0.3 is 10.5 Å². The monoisotopic (exact) mass is 279 g/mol. The molecule has 5 heteroatoms. The van der Waals surface area contributed by atoms with Crippen LogP contribution in [-0.4, -0.2) is 4.98 Å². The van der Waals surface area contributed by atoms with Gasteiger partial charge in [-0.25, -0.2) is 4.39 Å². The molecular formula is C16H10FN3O.